The van der Waals surface area contributed by atoms with Crippen molar-refractivity contribution in [1.29, 1.82) is 0 Å². The van der Waals surface area contributed by atoms with Gasteiger partial charge in [0.25, 0.3) is 5.91 Å². The topological polar surface area (TPSA) is 60.9 Å². The van der Waals surface area contributed by atoms with Gasteiger partial charge >= 0.3 is 0 Å². The quantitative estimate of drug-likeness (QED) is 0.656. The Morgan fingerprint density at radius 3 is 2.33 bits per heavy atom. The second kappa shape index (κ2) is 9.82. The van der Waals surface area contributed by atoms with Gasteiger partial charge in [-0.3, -0.25) is 9.69 Å². The molecule has 0 saturated carbocycles. The first kappa shape index (κ1) is 21.8. The Hall–Kier alpha value is -1.39. The van der Waals surface area contributed by atoms with Crippen molar-refractivity contribution in [1.82, 2.24) is 14.1 Å². The number of amides is 1. The van der Waals surface area contributed by atoms with E-state index in [1.165, 1.54) is 21.2 Å². The van der Waals surface area contributed by atoms with Crippen LogP contribution in [0.4, 0.5) is 0 Å². The van der Waals surface area contributed by atoms with Crippen molar-refractivity contribution in [3.05, 3.63) is 52.2 Å². The molecular formula is C21H27N3O3S3. The van der Waals surface area contributed by atoms with E-state index in [1.807, 2.05) is 6.07 Å². The van der Waals surface area contributed by atoms with Crippen LogP contribution in [-0.4, -0.2) is 85.7 Å². The second-order valence-electron chi connectivity index (χ2n) is 7.50. The van der Waals surface area contributed by atoms with Gasteiger partial charge in [-0.2, -0.15) is 16.1 Å². The molecule has 0 spiro atoms. The molecule has 2 aromatic rings. The maximum atomic E-state index is 13.1. The minimum atomic E-state index is -3.61. The van der Waals surface area contributed by atoms with Crippen LogP contribution >= 0.6 is 23.1 Å². The molecule has 0 N–H and O–H groups in total. The Morgan fingerprint density at radius 1 is 0.933 bits per heavy atom. The van der Waals surface area contributed by atoms with E-state index in [4.69, 9.17) is 0 Å². The largest absolute Gasteiger partial charge is 0.335 e. The van der Waals surface area contributed by atoms with Crippen molar-refractivity contribution in [3.8, 4) is 0 Å². The first-order chi connectivity index (χ1) is 14.6. The van der Waals surface area contributed by atoms with Gasteiger partial charge in [0.2, 0.25) is 10.0 Å². The summed E-state index contributed by atoms with van der Waals surface area (Å²) < 4.78 is 27.7. The zero-order chi connectivity index (χ0) is 21.0. The normalized spacial score (nSPS) is 19.1. The number of sulfonamides is 1. The van der Waals surface area contributed by atoms with Gasteiger partial charge in [0.15, 0.2) is 0 Å². The van der Waals surface area contributed by atoms with E-state index in [0.29, 0.717) is 31.1 Å². The summed E-state index contributed by atoms with van der Waals surface area (Å²) in [5, 5.41) is 1.72. The lowest BCUT2D eigenvalue weighted by Gasteiger charge is -2.34. The van der Waals surface area contributed by atoms with Crippen molar-refractivity contribution in [3.63, 3.8) is 0 Å². The number of hydrogen-bond acceptors (Lipinski definition) is 6. The zero-order valence-corrected chi connectivity index (χ0v) is 19.4. The Kier molecular flexibility index (Phi) is 7.15. The number of hydrogen-bond donors (Lipinski definition) is 0. The lowest BCUT2D eigenvalue weighted by molar-refractivity contribution is 0.0639. The van der Waals surface area contributed by atoms with Gasteiger partial charge < -0.3 is 4.90 Å². The van der Waals surface area contributed by atoms with Gasteiger partial charge in [0.1, 0.15) is 9.77 Å². The molecule has 2 saturated heterocycles. The summed E-state index contributed by atoms with van der Waals surface area (Å²) in [4.78, 5) is 17.8. The third-order valence-electron chi connectivity index (χ3n) is 5.63. The molecule has 0 unspecified atom stereocenters. The molecule has 2 fully saturated rings. The van der Waals surface area contributed by atoms with E-state index in [2.05, 4.69) is 29.2 Å². The summed E-state index contributed by atoms with van der Waals surface area (Å²) in [6, 6.07) is 12.0. The van der Waals surface area contributed by atoms with E-state index in [1.54, 1.807) is 28.1 Å². The lowest BCUT2D eigenvalue weighted by Crippen LogP contribution is -2.49. The number of piperazine rings is 1. The van der Waals surface area contributed by atoms with Crippen LogP contribution in [0, 0.1) is 0 Å². The average molecular weight is 466 g/mol. The number of benzene rings is 1. The highest BCUT2D eigenvalue weighted by molar-refractivity contribution is 7.99. The van der Waals surface area contributed by atoms with Crippen LogP contribution in [0.1, 0.15) is 15.2 Å². The van der Waals surface area contributed by atoms with Gasteiger partial charge in [0, 0.05) is 57.3 Å². The Morgan fingerprint density at radius 2 is 1.63 bits per heavy atom. The number of thioether (sulfide) groups is 1. The molecular weight excluding hydrogens is 438 g/mol. The first-order valence-corrected chi connectivity index (χ1v) is 13.7. The summed E-state index contributed by atoms with van der Waals surface area (Å²) in [7, 11) is -3.61. The number of carbonyl (C=O) groups is 1. The zero-order valence-electron chi connectivity index (χ0n) is 16.9. The maximum absolute atomic E-state index is 13.1. The lowest BCUT2D eigenvalue weighted by atomic mass is 10.1. The van der Waals surface area contributed by atoms with Gasteiger partial charge in [0.05, 0.1) is 0 Å². The van der Waals surface area contributed by atoms with Crippen molar-refractivity contribution < 1.29 is 13.2 Å². The average Bonchev–Trinajstić information content (AvgIpc) is 3.30. The maximum Gasteiger partial charge on any atom is 0.265 e. The van der Waals surface area contributed by atoms with E-state index < -0.39 is 10.0 Å². The molecule has 0 bridgehead atoms. The summed E-state index contributed by atoms with van der Waals surface area (Å²) in [6.45, 7) is 4.88. The van der Waals surface area contributed by atoms with Crippen LogP contribution in [0.3, 0.4) is 0 Å². The fourth-order valence-corrected chi connectivity index (χ4v) is 7.77. The third-order valence-corrected chi connectivity index (χ3v) is 9.55. The molecule has 2 aliphatic heterocycles. The van der Waals surface area contributed by atoms with E-state index in [0.717, 1.165) is 37.6 Å². The standard InChI is InChI=1S/C21H27N3O3S3/c25-21(20-19(7-15-29-20)30(26,27)24-13-16-28-17-14-24)23-11-9-22(10-12-23)8-6-18-4-2-1-3-5-18/h1-5,7,15H,6,8-14,16-17H2. The number of rotatable bonds is 6. The molecule has 2 aliphatic rings. The molecule has 0 atom stereocenters. The van der Waals surface area contributed by atoms with Crippen molar-refractivity contribution in [2.24, 2.45) is 0 Å². The Labute approximate surface area is 186 Å². The Bertz CT molecular complexity index is 948. The fourth-order valence-electron chi connectivity index (χ4n) is 3.83. The summed E-state index contributed by atoms with van der Waals surface area (Å²) in [6.07, 6.45) is 0.996. The van der Waals surface area contributed by atoms with Crippen LogP contribution in [0.25, 0.3) is 0 Å². The van der Waals surface area contributed by atoms with Gasteiger partial charge in [-0.1, -0.05) is 30.3 Å². The first-order valence-electron chi connectivity index (χ1n) is 10.3. The molecule has 0 radical (unpaired) electrons. The third kappa shape index (κ3) is 4.91. The number of carbonyl (C=O) groups excluding carboxylic acids is 1. The molecule has 162 valence electrons. The second-order valence-corrected chi connectivity index (χ2v) is 11.5. The minimum Gasteiger partial charge on any atom is -0.335 e. The Balaban J connectivity index is 1.36. The molecule has 0 aliphatic carbocycles. The SMILES string of the molecule is O=C(c1sccc1S(=O)(=O)N1CCSCC1)N1CCN(CCc2ccccc2)CC1. The van der Waals surface area contributed by atoms with Crippen LogP contribution in [0.15, 0.2) is 46.7 Å². The summed E-state index contributed by atoms with van der Waals surface area (Å²) in [5.74, 6) is 1.45. The van der Waals surface area contributed by atoms with Crippen molar-refractivity contribution in [2.75, 3.05) is 57.3 Å². The predicted octanol–water partition coefficient (Wildman–Crippen LogP) is 2.49. The molecule has 1 aromatic heterocycles. The van der Waals surface area contributed by atoms with Crippen LogP contribution in [-0.2, 0) is 16.4 Å². The predicted molar refractivity (Wildman–Crippen MR) is 123 cm³/mol. The summed E-state index contributed by atoms with van der Waals surface area (Å²) >= 11 is 3.00. The van der Waals surface area contributed by atoms with E-state index in [9.17, 15) is 13.2 Å². The molecule has 1 aromatic carbocycles. The molecule has 3 heterocycles. The molecule has 6 nitrogen and oxygen atoms in total. The number of nitrogens with zero attached hydrogens (tertiary/aromatic N) is 3. The van der Waals surface area contributed by atoms with Gasteiger partial charge in [-0.15, -0.1) is 11.3 Å². The van der Waals surface area contributed by atoms with Crippen molar-refractivity contribution in [2.45, 2.75) is 11.3 Å². The highest BCUT2D eigenvalue weighted by Gasteiger charge is 2.33. The fraction of sp³-hybridized carbons (Fsp3) is 0.476. The van der Waals surface area contributed by atoms with Crippen molar-refractivity contribution >= 4 is 39.0 Å². The van der Waals surface area contributed by atoms with E-state index >= 15 is 0 Å². The van der Waals surface area contributed by atoms with Gasteiger partial charge in [-0.25, -0.2) is 8.42 Å². The number of thiophene rings is 1. The van der Waals surface area contributed by atoms with Crippen LogP contribution in [0.2, 0.25) is 0 Å². The highest BCUT2D eigenvalue weighted by Crippen LogP contribution is 2.28. The smallest absolute Gasteiger partial charge is 0.265 e. The van der Waals surface area contributed by atoms with Crippen LogP contribution in [0.5, 0.6) is 0 Å². The molecule has 30 heavy (non-hydrogen) atoms. The van der Waals surface area contributed by atoms with Crippen LogP contribution < -0.4 is 0 Å². The van der Waals surface area contributed by atoms with E-state index in [-0.39, 0.29) is 10.8 Å². The highest BCUT2D eigenvalue weighted by atomic mass is 32.2. The minimum absolute atomic E-state index is 0.155. The molecule has 4 rings (SSSR count). The summed E-state index contributed by atoms with van der Waals surface area (Å²) in [5.41, 5.74) is 1.32. The van der Waals surface area contributed by atoms with Gasteiger partial charge in [-0.05, 0) is 23.4 Å². The molecule has 9 heteroatoms. The molecule has 1 amide bonds. The monoisotopic (exact) mass is 465 g/mol.